The van der Waals surface area contributed by atoms with E-state index in [-0.39, 0.29) is 11.7 Å². The van der Waals surface area contributed by atoms with Crippen LogP contribution < -0.4 is 15.4 Å². The number of carbonyl (C=O) groups is 1. The number of ether oxygens (including phenoxy) is 1. The maximum atomic E-state index is 13.2. The zero-order valence-corrected chi connectivity index (χ0v) is 18.8. The van der Waals surface area contributed by atoms with Crippen LogP contribution in [0.3, 0.4) is 0 Å². The highest BCUT2D eigenvalue weighted by molar-refractivity contribution is 5.94. The fourth-order valence-corrected chi connectivity index (χ4v) is 3.23. The number of benzene rings is 3. The van der Waals surface area contributed by atoms with Crippen LogP contribution >= 0.6 is 0 Å². The van der Waals surface area contributed by atoms with Crippen LogP contribution in [0.2, 0.25) is 0 Å². The molecule has 3 aromatic carbocycles. The summed E-state index contributed by atoms with van der Waals surface area (Å²) in [4.78, 5) is 21.2. The standard InChI is InChI=1S/C27H25FN4O2/c1-2-17-34-24-13-3-19(4-14-24)18-30-27(33)21-7-11-23(12-8-21)31-25-15-16-29-26(32-25)20-5-9-22(28)10-6-20/h3-16H,2,17-18H2,1H3,(H,30,33)(H,29,31,32). The van der Waals surface area contributed by atoms with E-state index >= 15 is 0 Å². The number of halogens is 1. The van der Waals surface area contributed by atoms with Crippen molar-refractivity contribution in [3.63, 3.8) is 0 Å². The summed E-state index contributed by atoms with van der Waals surface area (Å²) in [5, 5.41) is 6.13. The van der Waals surface area contributed by atoms with E-state index < -0.39 is 0 Å². The number of carbonyl (C=O) groups excluding carboxylic acids is 1. The van der Waals surface area contributed by atoms with E-state index in [0.29, 0.717) is 30.4 Å². The zero-order chi connectivity index (χ0) is 23.8. The van der Waals surface area contributed by atoms with Crippen molar-refractivity contribution in [3.05, 3.63) is 102 Å². The average molecular weight is 457 g/mol. The van der Waals surface area contributed by atoms with E-state index in [1.165, 1.54) is 12.1 Å². The normalized spacial score (nSPS) is 10.5. The molecular weight excluding hydrogens is 431 g/mol. The topological polar surface area (TPSA) is 76.1 Å². The SMILES string of the molecule is CCCOc1ccc(CNC(=O)c2ccc(Nc3ccnc(-c4ccc(F)cc4)n3)cc2)cc1. The Morgan fingerprint density at radius 3 is 2.38 bits per heavy atom. The molecule has 0 aliphatic heterocycles. The maximum Gasteiger partial charge on any atom is 0.251 e. The lowest BCUT2D eigenvalue weighted by atomic mass is 10.1. The van der Waals surface area contributed by atoms with Crippen molar-refractivity contribution in [3.8, 4) is 17.1 Å². The maximum absolute atomic E-state index is 13.2. The second-order valence-electron chi connectivity index (χ2n) is 7.65. The smallest absolute Gasteiger partial charge is 0.251 e. The van der Waals surface area contributed by atoms with Gasteiger partial charge in [0.1, 0.15) is 17.4 Å². The molecule has 0 radical (unpaired) electrons. The third-order valence-corrected chi connectivity index (χ3v) is 5.03. The minimum atomic E-state index is -0.308. The molecule has 0 atom stereocenters. The molecule has 34 heavy (non-hydrogen) atoms. The molecule has 4 rings (SSSR count). The second kappa shape index (κ2) is 11.0. The van der Waals surface area contributed by atoms with Gasteiger partial charge in [0.05, 0.1) is 6.61 Å². The van der Waals surface area contributed by atoms with E-state index in [1.807, 2.05) is 36.4 Å². The van der Waals surface area contributed by atoms with E-state index in [1.54, 1.807) is 36.5 Å². The molecule has 0 spiro atoms. The first-order valence-corrected chi connectivity index (χ1v) is 11.1. The summed E-state index contributed by atoms with van der Waals surface area (Å²) in [5.74, 6) is 1.45. The van der Waals surface area contributed by atoms with Crippen molar-refractivity contribution >= 4 is 17.4 Å². The lowest BCUT2D eigenvalue weighted by Gasteiger charge is -2.09. The Bertz CT molecular complexity index is 1230. The molecule has 0 aliphatic carbocycles. The number of nitrogens with one attached hydrogen (secondary N) is 2. The largest absolute Gasteiger partial charge is 0.494 e. The second-order valence-corrected chi connectivity index (χ2v) is 7.65. The van der Waals surface area contributed by atoms with E-state index in [4.69, 9.17) is 4.74 Å². The fraction of sp³-hybridized carbons (Fsp3) is 0.148. The Kier molecular flexibility index (Phi) is 7.45. The van der Waals surface area contributed by atoms with Crippen molar-refractivity contribution in [2.45, 2.75) is 19.9 Å². The number of aromatic nitrogens is 2. The molecule has 0 saturated heterocycles. The van der Waals surface area contributed by atoms with Crippen LogP contribution in [-0.4, -0.2) is 22.5 Å². The van der Waals surface area contributed by atoms with Crippen LogP contribution in [0, 0.1) is 5.82 Å². The van der Waals surface area contributed by atoms with Gasteiger partial charge in [-0.05, 0) is 78.7 Å². The first-order chi connectivity index (χ1) is 16.6. The monoisotopic (exact) mass is 456 g/mol. The Hall–Kier alpha value is -4.26. The van der Waals surface area contributed by atoms with Crippen molar-refractivity contribution in [2.24, 2.45) is 0 Å². The van der Waals surface area contributed by atoms with Crippen molar-refractivity contribution in [1.29, 1.82) is 0 Å². The van der Waals surface area contributed by atoms with Gasteiger partial charge in [-0.2, -0.15) is 0 Å². The highest BCUT2D eigenvalue weighted by Crippen LogP contribution is 2.20. The van der Waals surface area contributed by atoms with Crippen molar-refractivity contribution in [1.82, 2.24) is 15.3 Å². The summed E-state index contributed by atoms with van der Waals surface area (Å²) in [6.07, 6.45) is 2.60. The summed E-state index contributed by atoms with van der Waals surface area (Å²) < 4.78 is 18.7. The molecular formula is C27H25FN4O2. The van der Waals surface area contributed by atoms with Crippen LogP contribution in [0.1, 0.15) is 29.3 Å². The lowest BCUT2D eigenvalue weighted by molar-refractivity contribution is 0.0951. The molecule has 7 heteroatoms. The van der Waals surface area contributed by atoms with E-state index in [2.05, 4.69) is 27.5 Å². The first-order valence-electron chi connectivity index (χ1n) is 11.1. The van der Waals surface area contributed by atoms with Gasteiger partial charge in [0.2, 0.25) is 0 Å². The van der Waals surface area contributed by atoms with Gasteiger partial charge < -0.3 is 15.4 Å². The number of rotatable bonds is 9. The Labute approximate surface area is 197 Å². The van der Waals surface area contributed by atoms with E-state index in [9.17, 15) is 9.18 Å². The molecule has 1 aromatic heterocycles. The predicted molar refractivity (Wildman–Crippen MR) is 131 cm³/mol. The Balaban J connectivity index is 1.33. The van der Waals surface area contributed by atoms with Gasteiger partial charge in [-0.1, -0.05) is 19.1 Å². The van der Waals surface area contributed by atoms with Crippen molar-refractivity contribution in [2.75, 3.05) is 11.9 Å². The summed E-state index contributed by atoms with van der Waals surface area (Å²) in [5.41, 5.74) is 3.06. The molecule has 4 aromatic rings. The molecule has 0 unspecified atom stereocenters. The van der Waals surface area contributed by atoms with Gasteiger partial charge in [0, 0.05) is 29.6 Å². The summed E-state index contributed by atoms with van der Waals surface area (Å²) in [6.45, 7) is 3.18. The molecule has 6 nitrogen and oxygen atoms in total. The van der Waals surface area contributed by atoms with Crippen molar-refractivity contribution < 1.29 is 13.9 Å². The highest BCUT2D eigenvalue weighted by Gasteiger charge is 2.07. The lowest BCUT2D eigenvalue weighted by Crippen LogP contribution is -2.22. The molecule has 2 N–H and O–H groups in total. The number of anilines is 2. The Morgan fingerprint density at radius 2 is 1.68 bits per heavy atom. The van der Waals surface area contributed by atoms with Gasteiger partial charge in [-0.25, -0.2) is 14.4 Å². The third-order valence-electron chi connectivity index (χ3n) is 5.03. The molecule has 0 bridgehead atoms. The Morgan fingerprint density at radius 1 is 0.941 bits per heavy atom. The van der Waals surface area contributed by atoms with Gasteiger partial charge >= 0.3 is 0 Å². The minimum absolute atomic E-state index is 0.154. The summed E-state index contributed by atoms with van der Waals surface area (Å²) in [6, 6.07) is 22.6. The molecule has 0 saturated carbocycles. The number of hydrogen-bond acceptors (Lipinski definition) is 5. The zero-order valence-electron chi connectivity index (χ0n) is 18.8. The first kappa shape index (κ1) is 22.9. The molecule has 0 aliphatic rings. The fourth-order valence-electron chi connectivity index (χ4n) is 3.23. The molecule has 0 fully saturated rings. The van der Waals surface area contributed by atoms with Gasteiger partial charge in [-0.3, -0.25) is 4.79 Å². The van der Waals surface area contributed by atoms with Gasteiger partial charge in [0.25, 0.3) is 5.91 Å². The van der Waals surface area contributed by atoms with E-state index in [0.717, 1.165) is 29.0 Å². The quantitative estimate of drug-likeness (QED) is 0.336. The summed E-state index contributed by atoms with van der Waals surface area (Å²) in [7, 11) is 0. The van der Waals surface area contributed by atoms with Crippen LogP contribution in [-0.2, 0) is 6.54 Å². The van der Waals surface area contributed by atoms with Crippen LogP contribution in [0.5, 0.6) is 5.75 Å². The molecule has 1 amide bonds. The number of hydrogen-bond donors (Lipinski definition) is 2. The number of amides is 1. The molecule has 172 valence electrons. The number of nitrogens with zero attached hydrogens (tertiary/aromatic N) is 2. The van der Waals surface area contributed by atoms with Crippen LogP contribution in [0.4, 0.5) is 15.9 Å². The highest BCUT2D eigenvalue weighted by atomic mass is 19.1. The average Bonchev–Trinajstić information content (AvgIpc) is 2.88. The predicted octanol–water partition coefficient (Wildman–Crippen LogP) is 5.75. The van der Waals surface area contributed by atoms with Crippen LogP contribution in [0.25, 0.3) is 11.4 Å². The minimum Gasteiger partial charge on any atom is -0.494 e. The third kappa shape index (κ3) is 6.16. The van der Waals surface area contributed by atoms with Crippen LogP contribution in [0.15, 0.2) is 85.1 Å². The summed E-state index contributed by atoms with van der Waals surface area (Å²) >= 11 is 0. The van der Waals surface area contributed by atoms with Gasteiger partial charge in [-0.15, -0.1) is 0 Å². The van der Waals surface area contributed by atoms with Gasteiger partial charge in [0.15, 0.2) is 5.82 Å². The molecule has 1 heterocycles.